The number of hydrogen-bond acceptors (Lipinski definition) is 5. The van der Waals surface area contributed by atoms with Crippen molar-refractivity contribution in [1.82, 2.24) is 4.72 Å². The molecule has 0 radical (unpaired) electrons. The molecule has 0 fully saturated rings. The molecule has 0 spiro atoms. The van der Waals surface area contributed by atoms with Gasteiger partial charge in [0.2, 0.25) is 0 Å². The number of rotatable bonds is 7. The Bertz CT molecular complexity index is 593. The molecule has 20 heavy (non-hydrogen) atoms. The Kier molecular flexibility index (Phi) is 5.31. The number of thiophene rings is 1. The lowest BCUT2D eigenvalue weighted by molar-refractivity contribution is 0.0701. The number of aliphatic hydroxyl groups excluding tert-OH is 1. The van der Waals surface area contributed by atoms with E-state index in [2.05, 4.69) is 4.72 Å². The Morgan fingerprint density at radius 2 is 2.10 bits per heavy atom. The van der Waals surface area contributed by atoms with Gasteiger partial charge >= 0.3 is 5.97 Å². The second-order valence-corrected chi connectivity index (χ2v) is 7.84. The Morgan fingerprint density at radius 3 is 2.50 bits per heavy atom. The normalized spacial score (nSPS) is 15.0. The van der Waals surface area contributed by atoms with Crippen molar-refractivity contribution in [2.75, 3.05) is 6.61 Å². The van der Waals surface area contributed by atoms with Crippen LogP contribution >= 0.6 is 11.3 Å². The zero-order valence-electron chi connectivity index (χ0n) is 11.6. The fourth-order valence-electron chi connectivity index (χ4n) is 1.72. The molecule has 0 aliphatic heterocycles. The highest BCUT2D eigenvalue weighted by Crippen LogP contribution is 2.28. The summed E-state index contributed by atoms with van der Waals surface area (Å²) < 4.78 is 27.1. The molecule has 0 aliphatic rings. The van der Waals surface area contributed by atoms with Gasteiger partial charge in [0, 0.05) is 12.1 Å². The topological polar surface area (TPSA) is 104 Å². The third-order valence-electron chi connectivity index (χ3n) is 3.18. The first kappa shape index (κ1) is 17.1. The third kappa shape index (κ3) is 3.78. The lowest BCUT2D eigenvalue weighted by Gasteiger charge is -2.28. The first-order chi connectivity index (χ1) is 9.15. The first-order valence-corrected chi connectivity index (χ1v) is 8.44. The van der Waals surface area contributed by atoms with Crippen molar-refractivity contribution in [1.29, 1.82) is 0 Å². The minimum Gasteiger partial charge on any atom is -0.477 e. The summed E-state index contributed by atoms with van der Waals surface area (Å²) in [6, 6.07) is 1.35. The van der Waals surface area contributed by atoms with Gasteiger partial charge in [-0.15, -0.1) is 11.3 Å². The number of hydrogen-bond donors (Lipinski definition) is 3. The van der Waals surface area contributed by atoms with Crippen LogP contribution in [0, 0.1) is 6.92 Å². The van der Waals surface area contributed by atoms with Crippen LogP contribution in [0.25, 0.3) is 0 Å². The quantitative estimate of drug-likeness (QED) is 0.707. The van der Waals surface area contributed by atoms with E-state index in [1.165, 1.54) is 6.07 Å². The van der Waals surface area contributed by atoms with Gasteiger partial charge in [-0.3, -0.25) is 0 Å². The van der Waals surface area contributed by atoms with Crippen LogP contribution in [-0.2, 0) is 10.0 Å². The van der Waals surface area contributed by atoms with E-state index in [1.807, 2.05) is 6.92 Å². The zero-order valence-corrected chi connectivity index (χ0v) is 13.3. The van der Waals surface area contributed by atoms with Crippen molar-refractivity contribution in [2.24, 2.45) is 0 Å². The smallest absolute Gasteiger partial charge is 0.346 e. The highest BCUT2D eigenvalue weighted by molar-refractivity contribution is 7.91. The molecule has 0 bridgehead atoms. The summed E-state index contributed by atoms with van der Waals surface area (Å²) in [5, 5.41) is 18.0. The van der Waals surface area contributed by atoms with Gasteiger partial charge in [0.15, 0.2) is 0 Å². The van der Waals surface area contributed by atoms with Crippen LogP contribution in [0.3, 0.4) is 0 Å². The predicted octanol–water partition coefficient (Wildman–Crippen LogP) is 1.58. The number of carboxylic acids is 1. The monoisotopic (exact) mass is 321 g/mol. The second kappa shape index (κ2) is 6.21. The predicted molar refractivity (Wildman–Crippen MR) is 76.7 cm³/mol. The zero-order chi connectivity index (χ0) is 15.6. The van der Waals surface area contributed by atoms with Crippen molar-refractivity contribution in [3.05, 3.63) is 16.5 Å². The molecule has 0 amide bonds. The summed E-state index contributed by atoms with van der Waals surface area (Å²) in [5.41, 5.74) is -0.335. The van der Waals surface area contributed by atoms with Crippen LogP contribution in [0.4, 0.5) is 0 Å². The van der Waals surface area contributed by atoms with Gasteiger partial charge in [0.1, 0.15) is 9.09 Å². The fourth-order valence-corrected chi connectivity index (χ4v) is 4.60. The maximum absolute atomic E-state index is 12.3. The number of aliphatic hydroxyl groups is 1. The third-order valence-corrected chi connectivity index (χ3v) is 6.52. The van der Waals surface area contributed by atoms with Gasteiger partial charge in [0.25, 0.3) is 10.0 Å². The summed E-state index contributed by atoms with van der Waals surface area (Å²) in [6.07, 6.45) is 0.807. The molecular formula is C12H19NO5S2. The van der Waals surface area contributed by atoms with Crippen LogP contribution in [0.15, 0.2) is 10.3 Å². The number of aromatic carboxylic acids is 1. The number of aryl methyl sites for hydroxylation is 1. The molecule has 0 saturated heterocycles. The van der Waals surface area contributed by atoms with E-state index in [0.717, 1.165) is 11.3 Å². The lowest BCUT2D eigenvalue weighted by Crippen LogP contribution is -2.45. The molecule has 6 nitrogen and oxygen atoms in total. The standard InChI is InChI=1S/C12H19NO5S2/c1-4-12(3,5-6-14)13-20(17,18)9-7-8(2)10(19-9)11(15)16/h7,13-14H,4-6H2,1-3H3,(H,15,16). The SMILES string of the molecule is CCC(C)(CCO)NS(=O)(=O)c1cc(C)c(C(=O)O)s1. The average Bonchev–Trinajstić information content (AvgIpc) is 2.72. The Balaban J connectivity index is 3.11. The van der Waals surface area contributed by atoms with Gasteiger partial charge in [-0.05, 0) is 38.3 Å². The number of sulfonamides is 1. The molecule has 8 heteroatoms. The molecular weight excluding hydrogens is 302 g/mol. The molecule has 1 aromatic rings. The minimum atomic E-state index is -3.79. The molecule has 1 aromatic heterocycles. The van der Waals surface area contributed by atoms with E-state index >= 15 is 0 Å². The molecule has 0 aromatic carbocycles. The molecule has 0 saturated carbocycles. The van der Waals surface area contributed by atoms with Gasteiger partial charge in [-0.2, -0.15) is 0 Å². The van der Waals surface area contributed by atoms with Crippen molar-refractivity contribution >= 4 is 27.3 Å². The van der Waals surface area contributed by atoms with Gasteiger partial charge in [-0.25, -0.2) is 17.9 Å². The van der Waals surface area contributed by atoms with Crippen molar-refractivity contribution in [2.45, 2.75) is 43.4 Å². The second-order valence-electron chi connectivity index (χ2n) is 4.88. The molecule has 3 N–H and O–H groups in total. The Labute approximate surface area is 122 Å². The average molecular weight is 321 g/mol. The van der Waals surface area contributed by atoms with E-state index in [1.54, 1.807) is 13.8 Å². The van der Waals surface area contributed by atoms with Crippen molar-refractivity contribution in [3.8, 4) is 0 Å². The van der Waals surface area contributed by atoms with E-state index in [9.17, 15) is 13.2 Å². The van der Waals surface area contributed by atoms with E-state index in [-0.39, 0.29) is 15.7 Å². The van der Waals surface area contributed by atoms with E-state index in [0.29, 0.717) is 18.4 Å². The molecule has 1 heterocycles. The minimum absolute atomic E-state index is 0.0192. The Hall–Kier alpha value is -0.960. The van der Waals surface area contributed by atoms with Crippen LogP contribution in [0.2, 0.25) is 0 Å². The van der Waals surface area contributed by atoms with Crippen LogP contribution in [-0.4, -0.2) is 36.7 Å². The number of nitrogens with one attached hydrogen (secondary N) is 1. The fraction of sp³-hybridized carbons (Fsp3) is 0.583. The molecule has 114 valence electrons. The van der Waals surface area contributed by atoms with Crippen molar-refractivity contribution < 1.29 is 23.4 Å². The first-order valence-electron chi connectivity index (χ1n) is 6.14. The van der Waals surface area contributed by atoms with Crippen LogP contribution < -0.4 is 4.72 Å². The van der Waals surface area contributed by atoms with E-state index < -0.39 is 21.5 Å². The highest BCUT2D eigenvalue weighted by atomic mass is 32.2. The molecule has 1 rings (SSSR count). The lowest BCUT2D eigenvalue weighted by atomic mass is 9.97. The van der Waals surface area contributed by atoms with E-state index in [4.69, 9.17) is 10.2 Å². The number of carboxylic acid groups (broad SMARTS) is 1. The van der Waals surface area contributed by atoms with Crippen LogP contribution in [0.5, 0.6) is 0 Å². The summed E-state index contributed by atoms with van der Waals surface area (Å²) >= 11 is 0.731. The van der Waals surface area contributed by atoms with Gasteiger partial charge < -0.3 is 10.2 Å². The maximum Gasteiger partial charge on any atom is 0.346 e. The maximum atomic E-state index is 12.3. The molecule has 0 aliphatic carbocycles. The van der Waals surface area contributed by atoms with Gasteiger partial charge in [0.05, 0.1) is 0 Å². The highest BCUT2D eigenvalue weighted by Gasteiger charge is 2.30. The summed E-state index contributed by atoms with van der Waals surface area (Å²) in [4.78, 5) is 11.0. The largest absolute Gasteiger partial charge is 0.477 e. The summed E-state index contributed by atoms with van der Waals surface area (Å²) in [5.74, 6) is -1.14. The summed E-state index contributed by atoms with van der Waals surface area (Å²) in [7, 11) is -3.79. The van der Waals surface area contributed by atoms with Crippen molar-refractivity contribution in [3.63, 3.8) is 0 Å². The molecule has 1 atom stereocenters. The molecule has 1 unspecified atom stereocenters. The summed E-state index contributed by atoms with van der Waals surface area (Å²) in [6.45, 7) is 4.96. The van der Waals surface area contributed by atoms with Gasteiger partial charge in [-0.1, -0.05) is 6.92 Å². The number of carbonyl (C=O) groups is 1. The Morgan fingerprint density at radius 1 is 1.50 bits per heavy atom. The van der Waals surface area contributed by atoms with Crippen LogP contribution in [0.1, 0.15) is 41.9 Å².